The number of carbonyl (C=O) groups is 3. The van der Waals surface area contributed by atoms with Gasteiger partial charge in [-0.3, -0.25) is 9.59 Å². The largest absolute Gasteiger partial charge is 0.466 e. The van der Waals surface area contributed by atoms with Crippen LogP contribution in [0.5, 0.6) is 0 Å². The fourth-order valence-electron chi connectivity index (χ4n) is 3.76. The smallest absolute Gasteiger partial charge is 0.317 e. The van der Waals surface area contributed by atoms with E-state index in [4.69, 9.17) is 4.74 Å². The number of hydrogen-bond donors (Lipinski definition) is 1. The lowest BCUT2D eigenvalue weighted by Crippen LogP contribution is -2.41. The minimum absolute atomic E-state index is 0.0414. The first-order valence-corrected chi connectivity index (χ1v) is 10.9. The maximum atomic E-state index is 13.3. The molecule has 1 aromatic heterocycles. The number of thiophene rings is 1. The van der Waals surface area contributed by atoms with Crippen molar-refractivity contribution in [2.75, 3.05) is 39.3 Å². The van der Waals surface area contributed by atoms with Crippen LogP contribution in [-0.2, 0) is 9.53 Å². The van der Waals surface area contributed by atoms with Crippen molar-refractivity contribution >= 4 is 39.3 Å². The minimum Gasteiger partial charge on any atom is -0.466 e. The predicted octanol–water partition coefficient (Wildman–Crippen LogP) is 2.57. The Bertz CT molecular complexity index is 895. The molecular weight excluding hydrogens is 390 g/mol. The number of rotatable bonds is 8. The molecule has 0 radical (unpaired) electrons. The number of urea groups is 1. The maximum absolute atomic E-state index is 13.3. The van der Waals surface area contributed by atoms with Crippen LogP contribution in [0.2, 0.25) is 0 Å². The van der Waals surface area contributed by atoms with Gasteiger partial charge < -0.3 is 19.9 Å². The van der Waals surface area contributed by atoms with E-state index in [-0.39, 0.29) is 29.7 Å². The van der Waals surface area contributed by atoms with Gasteiger partial charge in [0.25, 0.3) is 5.91 Å². The summed E-state index contributed by atoms with van der Waals surface area (Å²) in [6, 6.07) is 9.77. The second-order valence-corrected chi connectivity index (χ2v) is 8.56. The van der Waals surface area contributed by atoms with Gasteiger partial charge in [-0.2, -0.15) is 0 Å². The third kappa shape index (κ3) is 4.37. The first-order chi connectivity index (χ1) is 14.1. The van der Waals surface area contributed by atoms with Gasteiger partial charge in [-0.1, -0.05) is 18.2 Å². The molecule has 0 spiro atoms. The van der Waals surface area contributed by atoms with Crippen molar-refractivity contribution in [3.63, 3.8) is 0 Å². The highest BCUT2D eigenvalue weighted by molar-refractivity contribution is 7.20. The number of ether oxygens (including phenoxy) is 1. The zero-order valence-corrected chi connectivity index (χ0v) is 17.2. The third-order valence-electron chi connectivity index (χ3n) is 5.48. The molecule has 2 aliphatic rings. The van der Waals surface area contributed by atoms with E-state index in [1.165, 1.54) is 11.3 Å². The Balaban J connectivity index is 1.47. The number of benzene rings is 1. The number of fused-ring (bicyclic) bond motifs is 1. The van der Waals surface area contributed by atoms with Crippen LogP contribution in [0.1, 0.15) is 23.0 Å². The Morgan fingerprint density at radius 3 is 2.90 bits per heavy atom. The molecule has 1 saturated carbocycles. The summed E-state index contributed by atoms with van der Waals surface area (Å²) < 4.78 is 6.19. The van der Waals surface area contributed by atoms with E-state index < -0.39 is 0 Å². The van der Waals surface area contributed by atoms with Crippen LogP contribution < -0.4 is 5.32 Å². The van der Waals surface area contributed by atoms with Crippen molar-refractivity contribution in [3.05, 3.63) is 35.2 Å². The highest BCUT2D eigenvalue weighted by atomic mass is 32.1. The van der Waals surface area contributed by atoms with Crippen LogP contribution in [0.3, 0.4) is 0 Å². The average molecular weight is 416 g/mol. The van der Waals surface area contributed by atoms with Crippen LogP contribution in [0, 0.1) is 11.8 Å². The van der Waals surface area contributed by atoms with Gasteiger partial charge in [0.05, 0.1) is 17.4 Å². The van der Waals surface area contributed by atoms with Gasteiger partial charge in [-0.05, 0) is 36.8 Å². The molecule has 29 heavy (non-hydrogen) atoms. The second kappa shape index (κ2) is 8.41. The topological polar surface area (TPSA) is 79.0 Å². The van der Waals surface area contributed by atoms with Gasteiger partial charge in [0.15, 0.2) is 0 Å². The molecule has 2 heterocycles. The molecule has 2 fully saturated rings. The van der Waals surface area contributed by atoms with E-state index in [9.17, 15) is 14.4 Å². The van der Waals surface area contributed by atoms with Crippen molar-refractivity contribution in [1.82, 2.24) is 15.1 Å². The summed E-state index contributed by atoms with van der Waals surface area (Å²) >= 11 is 1.48. The number of nitrogens with zero attached hydrogens (tertiary/aromatic N) is 2. The van der Waals surface area contributed by atoms with Gasteiger partial charge in [0.1, 0.15) is 0 Å². The average Bonchev–Trinajstić information content (AvgIpc) is 3.15. The van der Waals surface area contributed by atoms with Crippen LogP contribution in [0.4, 0.5) is 4.79 Å². The first kappa shape index (κ1) is 19.7. The lowest BCUT2D eigenvalue weighted by atomic mass is 10.2. The summed E-state index contributed by atoms with van der Waals surface area (Å²) in [6.07, 6.45) is 0.749. The van der Waals surface area contributed by atoms with E-state index >= 15 is 0 Å². The molecule has 1 N–H and O–H groups in total. The Hall–Kier alpha value is -2.61. The van der Waals surface area contributed by atoms with Crippen molar-refractivity contribution in [2.24, 2.45) is 11.8 Å². The van der Waals surface area contributed by atoms with Crippen molar-refractivity contribution in [1.29, 1.82) is 0 Å². The summed E-state index contributed by atoms with van der Waals surface area (Å²) in [5, 5.41) is 3.84. The molecule has 7 nitrogen and oxygen atoms in total. The highest BCUT2D eigenvalue weighted by Gasteiger charge is 2.45. The van der Waals surface area contributed by atoms with Gasteiger partial charge in [0.2, 0.25) is 0 Å². The number of hydrogen-bond acceptors (Lipinski definition) is 5. The fraction of sp³-hybridized carbons (Fsp3) is 0.476. The molecule has 1 saturated heterocycles. The zero-order valence-electron chi connectivity index (χ0n) is 16.4. The summed E-state index contributed by atoms with van der Waals surface area (Å²) in [5.74, 6) is -0.214. The van der Waals surface area contributed by atoms with E-state index in [1.54, 1.807) is 16.7 Å². The number of carbonyl (C=O) groups excluding carboxylic acids is 3. The molecule has 2 aromatic rings. The Kier molecular flexibility index (Phi) is 5.71. The van der Waals surface area contributed by atoms with Crippen molar-refractivity contribution < 1.29 is 19.1 Å². The van der Waals surface area contributed by atoms with E-state index in [2.05, 4.69) is 5.32 Å². The molecule has 2 atom stereocenters. The number of esters is 1. The molecule has 1 aromatic carbocycles. The van der Waals surface area contributed by atoms with Gasteiger partial charge >= 0.3 is 12.0 Å². The standard InChI is InChI=1S/C21H25N3O4S/c1-2-28-20(26)16-11-15(16)13-24(10-9-23-8-7-22-21(23)27)19(25)18-12-14-5-3-4-6-17(14)29-18/h3-6,12,15-16H,2,7-11,13H2,1H3,(H,22,27)/t15-,16-/m0/s1. The van der Waals surface area contributed by atoms with Crippen LogP contribution >= 0.6 is 11.3 Å². The summed E-state index contributed by atoms with van der Waals surface area (Å²) in [4.78, 5) is 41.3. The lowest BCUT2D eigenvalue weighted by Gasteiger charge is -2.25. The second-order valence-electron chi connectivity index (χ2n) is 7.47. The lowest BCUT2D eigenvalue weighted by molar-refractivity contribution is -0.145. The van der Waals surface area contributed by atoms with Gasteiger partial charge in [-0.25, -0.2) is 4.79 Å². The molecular formula is C21H25N3O4S. The Morgan fingerprint density at radius 1 is 1.34 bits per heavy atom. The molecule has 0 bridgehead atoms. The first-order valence-electron chi connectivity index (χ1n) is 10.0. The molecule has 154 valence electrons. The number of amides is 3. The normalized spacial score (nSPS) is 20.6. The minimum atomic E-state index is -0.175. The van der Waals surface area contributed by atoms with Crippen LogP contribution in [-0.4, -0.2) is 67.0 Å². The van der Waals surface area contributed by atoms with Gasteiger partial charge in [-0.15, -0.1) is 11.3 Å². The molecule has 0 unspecified atom stereocenters. The van der Waals surface area contributed by atoms with Crippen molar-refractivity contribution in [2.45, 2.75) is 13.3 Å². The van der Waals surface area contributed by atoms with E-state index in [1.807, 2.05) is 30.3 Å². The van der Waals surface area contributed by atoms with E-state index in [0.29, 0.717) is 44.2 Å². The highest BCUT2D eigenvalue weighted by Crippen LogP contribution is 2.40. The van der Waals surface area contributed by atoms with Crippen LogP contribution in [0.15, 0.2) is 30.3 Å². The van der Waals surface area contributed by atoms with Crippen LogP contribution in [0.25, 0.3) is 10.1 Å². The molecule has 1 aliphatic heterocycles. The van der Waals surface area contributed by atoms with Crippen molar-refractivity contribution in [3.8, 4) is 0 Å². The summed E-state index contributed by atoms with van der Waals surface area (Å²) in [7, 11) is 0. The quantitative estimate of drug-likeness (QED) is 0.672. The maximum Gasteiger partial charge on any atom is 0.317 e. The van der Waals surface area contributed by atoms with E-state index in [0.717, 1.165) is 16.5 Å². The third-order valence-corrected chi connectivity index (χ3v) is 6.58. The zero-order chi connectivity index (χ0) is 20.4. The Morgan fingerprint density at radius 2 is 2.17 bits per heavy atom. The summed E-state index contributed by atoms with van der Waals surface area (Å²) in [6.45, 7) is 4.90. The molecule has 1 aliphatic carbocycles. The summed E-state index contributed by atoms with van der Waals surface area (Å²) in [5.41, 5.74) is 0. The molecule has 8 heteroatoms. The number of nitrogens with one attached hydrogen (secondary N) is 1. The Labute approximate surface area is 173 Å². The monoisotopic (exact) mass is 415 g/mol. The molecule has 3 amide bonds. The predicted molar refractivity (Wildman–Crippen MR) is 111 cm³/mol. The molecule has 4 rings (SSSR count). The fourth-order valence-corrected chi connectivity index (χ4v) is 4.79. The van der Waals surface area contributed by atoms with Gasteiger partial charge in [0, 0.05) is 37.4 Å². The SMILES string of the molecule is CCOC(=O)[C@H]1C[C@H]1CN(CCN1CCNC1=O)C(=O)c1cc2ccccc2s1.